The highest BCUT2D eigenvalue weighted by Crippen LogP contribution is 2.32. The normalized spacial score (nSPS) is 20.8. The highest BCUT2D eigenvalue weighted by Gasteiger charge is 2.36. The summed E-state index contributed by atoms with van der Waals surface area (Å²) < 4.78 is 0. The van der Waals surface area contributed by atoms with Gasteiger partial charge in [0.2, 0.25) is 5.82 Å². The summed E-state index contributed by atoms with van der Waals surface area (Å²) in [7, 11) is 0. The fourth-order valence-corrected chi connectivity index (χ4v) is 2.90. The molecule has 1 aromatic heterocycles. The number of nitro groups is 1. The van der Waals surface area contributed by atoms with Gasteiger partial charge in [-0.25, -0.2) is 4.98 Å². The number of anilines is 1. The molecule has 0 bridgehead atoms. The predicted octanol–water partition coefficient (Wildman–Crippen LogP) is 0.392. The standard InChI is InChI=1S/C13H19N5O2/c1-10-2-3-15-13(12(10)18(19)20)17-8-11(9-17)16-6-4-14-5-7-16/h2-3,11,14H,4-9H2,1H3. The number of piperazine rings is 1. The molecular formula is C13H19N5O2. The van der Waals surface area contributed by atoms with E-state index in [1.807, 2.05) is 4.90 Å². The molecule has 7 nitrogen and oxygen atoms in total. The summed E-state index contributed by atoms with van der Waals surface area (Å²) in [5, 5.41) is 14.5. The zero-order valence-electron chi connectivity index (χ0n) is 11.6. The van der Waals surface area contributed by atoms with Crippen molar-refractivity contribution in [3.8, 4) is 0 Å². The molecule has 0 atom stereocenters. The minimum Gasteiger partial charge on any atom is -0.348 e. The molecule has 7 heteroatoms. The highest BCUT2D eigenvalue weighted by molar-refractivity contribution is 5.63. The Kier molecular flexibility index (Phi) is 3.54. The van der Waals surface area contributed by atoms with Gasteiger partial charge in [0.15, 0.2) is 0 Å². The third-order valence-corrected chi connectivity index (χ3v) is 4.12. The lowest BCUT2D eigenvalue weighted by Gasteiger charge is -2.47. The molecule has 2 saturated heterocycles. The van der Waals surface area contributed by atoms with Crippen LogP contribution in [0.25, 0.3) is 0 Å². The Bertz CT molecular complexity index is 509. The van der Waals surface area contributed by atoms with E-state index in [1.54, 1.807) is 19.2 Å². The summed E-state index contributed by atoms with van der Waals surface area (Å²) in [5.41, 5.74) is 0.817. The first-order valence-corrected chi connectivity index (χ1v) is 6.96. The van der Waals surface area contributed by atoms with E-state index in [-0.39, 0.29) is 10.6 Å². The van der Waals surface area contributed by atoms with Crippen LogP contribution in [0.1, 0.15) is 5.56 Å². The first-order chi connectivity index (χ1) is 9.66. The molecule has 2 fully saturated rings. The first-order valence-electron chi connectivity index (χ1n) is 6.96. The van der Waals surface area contributed by atoms with Crippen molar-refractivity contribution in [2.24, 2.45) is 0 Å². The second-order valence-corrected chi connectivity index (χ2v) is 5.40. The minimum absolute atomic E-state index is 0.145. The molecule has 108 valence electrons. The number of hydrogen-bond acceptors (Lipinski definition) is 6. The van der Waals surface area contributed by atoms with Crippen molar-refractivity contribution in [2.45, 2.75) is 13.0 Å². The second kappa shape index (κ2) is 5.34. The molecule has 3 rings (SSSR count). The number of rotatable bonds is 3. The Labute approximate surface area is 117 Å². The van der Waals surface area contributed by atoms with Gasteiger partial charge in [-0.2, -0.15) is 0 Å². The lowest BCUT2D eigenvalue weighted by atomic mass is 10.1. The second-order valence-electron chi connectivity index (χ2n) is 5.40. The van der Waals surface area contributed by atoms with Crippen molar-refractivity contribution in [1.82, 2.24) is 15.2 Å². The molecule has 1 aromatic rings. The van der Waals surface area contributed by atoms with Crippen LogP contribution in [0.2, 0.25) is 0 Å². The number of aryl methyl sites for hydroxylation is 1. The van der Waals surface area contributed by atoms with Gasteiger partial charge in [0.1, 0.15) is 0 Å². The Balaban J connectivity index is 1.70. The zero-order valence-corrected chi connectivity index (χ0v) is 11.6. The van der Waals surface area contributed by atoms with Crippen LogP contribution < -0.4 is 10.2 Å². The van der Waals surface area contributed by atoms with Crippen LogP contribution in [0, 0.1) is 17.0 Å². The molecule has 20 heavy (non-hydrogen) atoms. The van der Waals surface area contributed by atoms with Gasteiger partial charge < -0.3 is 10.2 Å². The van der Waals surface area contributed by atoms with Crippen molar-refractivity contribution < 1.29 is 4.92 Å². The number of pyridine rings is 1. The lowest BCUT2D eigenvalue weighted by molar-refractivity contribution is -0.385. The van der Waals surface area contributed by atoms with Gasteiger partial charge in [0.25, 0.3) is 0 Å². The van der Waals surface area contributed by atoms with E-state index in [9.17, 15) is 10.1 Å². The molecule has 1 N–H and O–H groups in total. The Morgan fingerprint density at radius 2 is 2.10 bits per heavy atom. The Hall–Kier alpha value is -1.73. The zero-order chi connectivity index (χ0) is 14.1. The van der Waals surface area contributed by atoms with E-state index in [0.29, 0.717) is 17.4 Å². The third-order valence-electron chi connectivity index (χ3n) is 4.12. The van der Waals surface area contributed by atoms with Gasteiger partial charge in [0, 0.05) is 57.1 Å². The molecule has 0 saturated carbocycles. The molecule has 2 aliphatic heterocycles. The maximum Gasteiger partial charge on any atom is 0.314 e. The van der Waals surface area contributed by atoms with Crippen LogP contribution in [-0.2, 0) is 0 Å². The number of nitrogens with one attached hydrogen (secondary N) is 1. The molecule has 0 aliphatic carbocycles. The Morgan fingerprint density at radius 1 is 1.40 bits per heavy atom. The van der Waals surface area contributed by atoms with Crippen LogP contribution in [-0.4, -0.2) is 60.1 Å². The summed E-state index contributed by atoms with van der Waals surface area (Å²) in [6.45, 7) is 7.59. The smallest absolute Gasteiger partial charge is 0.314 e. The van der Waals surface area contributed by atoms with Crippen LogP contribution >= 0.6 is 0 Å². The molecule has 0 aromatic carbocycles. The van der Waals surface area contributed by atoms with Gasteiger partial charge >= 0.3 is 5.69 Å². The van der Waals surface area contributed by atoms with Crippen molar-refractivity contribution in [3.63, 3.8) is 0 Å². The molecule has 2 aliphatic rings. The van der Waals surface area contributed by atoms with Crippen molar-refractivity contribution in [1.29, 1.82) is 0 Å². The highest BCUT2D eigenvalue weighted by atomic mass is 16.6. The van der Waals surface area contributed by atoms with Gasteiger partial charge in [-0.05, 0) is 13.0 Å². The summed E-state index contributed by atoms with van der Waals surface area (Å²) >= 11 is 0. The maximum absolute atomic E-state index is 11.2. The van der Waals surface area contributed by atoms with Gasteiger partial charge in [-0.1, -0.05) is 0 Å². The molecule has 0 amide bonds. The summed E-state index contributed by atoms with van der Waals surface area (Å²) in [4.78, 5) is 19.5. The summed E-state index contributed by atoms with van der Waals surface area (Å²) in [6, 6.07) is 2.19. The van der Waals surface area contributed by atoms with Gasteiger partial charge in [0.05, 0.1) is 4.92 Å². The number of hydrogen-bond donors (Lipinski definition) is 1. The predicted molar refractivity (Wildman–Crippen MR) is 76.1 cm³/mol. The number of aromatic nitrogens is 1. The molecular weight excluding hydrogens is 258 g/mol. The van der Waals surface area contributed by atoms with Crippen LogP contribution in [0.3, 0.4) is 0 Å². The van der Waals surface area contributed by atoms with Gasteiger partial charge in [-0.15, -0.1) is 0 Å². The third kappa shape index (κ3) is 2.34. The van der Waals surface area contributed by atoms with Crippen molar-refractivity contribution in [2.75, 3.05) is 44.2 Å². The summed E-state index contributed by atoms with van der Waals surface area (Å²) in [5.74, 6) is 0.515. The average molecular weight is 277 g/mol. The molecule has 0 spiro atoms. The van der Waals surface area contributed by atoms with Crippen molar-refractivity contribution in [3.05, 3.63) is 27.9 Å². The molecule has 0 radical (unpaired) electrons. The molecule has 0 unspecified atom stereocenters. The van der Waals surface area contributed by atoms with Crippen LogP contribution in [0.15, 0.2) is 12.3 Å². The van der Waals surface area contributed by atoms with Crippen LogP contribution in [0.5, 0.6) is 0 Å². The molecule has 3 heterocycles. The Morgan fingerprint density at radius 3 is 2.75 bits per heavy atom. The number of nitrogens with zero attached hydrogens (tertiary/aromatic N) is 4. The van der Waals surface area contributed by atoms with Gasteiger partial charge in [-0.3, -0.25) is 15.0 Å². The fourth-order valence-electron chi connectivity index (χ4n) is 2.90. The largest absolute Gasteiger partial charge is 0.348 e. The maximum atomic E-state index is 11.2. The lowest BCUT2D eigenvalue weighted by Crippen LogP contribution is -2.63. The van der Waals surface area contributed by atoms with Crippen LogP contribution in [0.4, 0.5) is 11.5 Å². The first kappa shape index (κ1) is 13.3. The van der Waals surface area contributed by atoms with E-state index in [2.05, 4.69) is 15.2 Å². The SMILES string of the molecule is Cc1ccnc(N2CC(N3CCNCC3)C2)c1[N+](=O)[O-]. The quantitative estimate of drug-likeness (QED) is 0.636. The van der Waals surface area contributed by atoms with E-state index in [1.165, 1.54) is 0 Å². The summed E-state index contributed by atoms with van der Waals surface area (Å²) in [6.07, 6.45) is 1.65. The van der Waals surface area contributed by atoms with E-state index in [4.69, 9.17) is 0 Å². The van der Waals surface area contributed by atoms with E-state index in [0.717, 1.165) is 39.3 Å². The monoisotopic (exact) mass is 277 g/mol. The van der Waals surface area contributed by atoms with Crippen molar-refractivity contribution >= 4 is 11.5 Å². The minimum atomic E-state index is -0.324. The topological polar surface area (TPSA) is 74.5 Å². The average Bonchev–Trinajstić information content (AvgIpc) is 2.38. The fraction of sp³-hybridized carbons (Fsp3) is 0.615. The van der Waals surface area contributed by atoms with E-state index >= 15 is 0 Å². The van der Waals surface area contributed by atoms with E-state index < -0.39 is 0 Å².